The summed E-state index contributed by atoms with van der Waals surface area (Å²) in [5.41, 5.74) is 3.99. The number of rotatable bonds is 9. The molecular weight excluding hydrogens is 479 g/mol. The average Bonchev–Trinajstić information content (AvgIpc) is 2.89. The minimum atomic E-state index is -3.89. The van der Waals surface area contributed by atoms with Crippen molar-refractivity contribution in [3.8, 4) is 5.75 Å². The monoisotopic (exact) mass is 512 g/mol. The second-order valence-corrected chi connectivity index (χ2v) is 11.1. The summed E-state index contributed by atoms with van der Waals surface area (Å²) in [5, 5.41) is 0. The Labute approximate surface area is 213 Å². The highest BCUT2D eigenvalue weighted by molar-refractivity contribution is 7.89. The molecule has 1 fully saturated rings. The van der Waals surface area contributed by atoms with E-state index < -0.39 is 15.8 Å². The number of hydrogen-bond acceptors (Lipinski definition) is 5. The minimum absolute atomic E-state index is 0.223. The zero-order chi connectivity index (χ0) is 25.7. The van der Waals surface area contributed by atoms with Crippen LogP contribution in [-0.4, -0.2) is 57.5 Å². The highest BCUT2D eigenvalue weighted by Gasteiger charge is 2.31. The topological polar surface area (TPSA) is 59.1 Å². The predicted octanol–water partition coefficient (Wildman–Crippen LogP) is 4.72. The van der Waals surface area contributed by atoms with Crippen LogP contribution in [0.25, 0.3) is 0 Å². The molecule has 1 aliphatic rings. The van der Waals surface area contributed by atoms with Crippen LogP contribution in [-0.2, 0) is 21.4 Å². The highest BCUT2D eigenvalue weighted by atomic mass is 32.2. The summed E-state index contributed by atoms with van der Waals surface area (Å²) in [6.07, 6.45) is -0.223. The van der Waals surface area contributed by atoms with Crippen LogP contribution in [0.3, 0.4) is 0 Å². The molecule has 1 aliphatic heterocycles. The van der Waals surface area contributed by atoms with Gasteiger partial charge in [-0.15, -0.1) is 0 Å². The fraction of sp³-hybridized carbons (Fsp3) is 0.357. The molecule has 0 saturated carbocycles. The third-order valence-electron chi connectivity index (χ3n) is 6.50. The van der Waals surface area contributed by atoms with Crippen molar-refractivity contribution in [2.45, 2.75) is 31.5 Å². The van der Waals surface area contributed by atoms with Gasteiger partial charge in [-0.2, -0.15) is 4.31 Å². The van der Waals surface area contributed by atoms with Crippen molar-refractivity contribution < 1.29 is 22.3 Å². The number of aryl methyl sites for hydroxylation is 2. The number of benzene rings is 3. The predicted molar refractivity (Wildman–Crippen MR) is 138 cm³/mol. The van der Waals surface area contributed by atoms with E-state index in [-0.39, 0.29) is 11.0 Å². The zero-order valence-electron chi connectivity index (χ0n) is 21.0. The SMILES string of the molecule is COc1cccc([C@H](CN2CCN(S(=O)(=O)c3cc(C)ccc3F)CC2)OCc2ccc(C)cc2)c1. The second kappa shape index (κ2) is 11.5. The van der Waals surface area contributed by atoms with Crippen LogP contribution in [0.4, 0.5) is 4.39 Å². The molecule has 192 valence electrons. The van der Waals surface area contributed by atoms with Crippen molar-refractivity contribution in [2.24, 2.45) is 0 Å². The molecule has 1 atom stereocenters. The summed E-state index contributed by atoms with van der Waals surface area (Å²) in [6, 6.07) is 20.3. The van der Waals surface area contributed by atoms with Gasteiger partial charge in [0.15, 0.2) is 0 Å². The molecule has 0 spiro atoms. The summed E-state index contributed by atoms with van der Waals surface area (Å²) in [7, 11) is -2.26. The molecule has 0 unspecified atom stereocenters. The minimum Gasteiger partial charge on any atom is -0.497 e. The first-order chi connectivity index (χ1) is 17.3. The van der Waals surface area contributed by atoms with Crippen molar-refractivity contribution in [1.29, 1.82) is 0 Å². The van der Waals surface area contributed by atoms with E-state index in [1.807, 2.05) is 24.3 Å². The molecule has 3 aromatic carbocycles. The van der Waals surface area contributed by atoms with E-state index in [1.165, 1.54) is 22.0 Å². The average molecular weight is 513 g/mol. The molecule has 0 aliphatic carbocycles. The van der Waals surface area contributed by atoms with Crippen molar-refractivity contribution in [3.63, 3.8) is 0 Å². The van der Waals surface area contributed by atoms with Crippen LogP contribution in [0.2, 0.25) is 0 Å². The van der Waals surface area contributed by atoms with Gasteiger partial charge in [0.25, 0.3) is 0 Å². The smallest absolute Gasteiger partial charge is 0.246 e. The van der Waals surface area contributed by atoms with E-state index >= 15 is 0 Å². The Morgan fingerprint density at radius 1 is 0.917 bits per heavy atom. The summed E-state index contributed by atoms with van der Waals surface area (Å²) in [6.45, 7) is 6.51. The molecule has 0 amide bonds. The first kappa shape index (κ1) is 26.3. The molecule has 3 aromatic rings. The van der Waals surface area contributed by atoms with E-state index in [1.54, 1.807) is 20.1 Å². The summed E-state index contributed by atoms with van der Waals surface area (Å²) < 4.78 is 53.7. The third-order valence-corrected chi connectivity index (χ3v) is 8.41. The lowest BCUT2D eigenvalue weighted by Gasteiger charge is -2.36. The lowest BCUT2D eigenvalue weighted by Crippen LogP contribution is -2.49. The molecule has 4 rings (SSSR count). The standard InChI is InChI=1S/C28H33FN2O4S/c1-21-7-10-23(11-8-21)20-35-27(24-5-4-6-25(18-24)34-3)19-30-13-15-31(16-14-30)36(32,33)28-17-22(2)9-12-26(28)29/h4-12,17-18,27H,13-16,19-20H2,1-3H3/t27-/m0/s1. The van der Waals surface area contributed by atoms with Crippen LogP contribution < -0.4 is 4.74 Å². The molecule has 8 heteroatoms. The van der Waals surface area contributed by atoms with Crippen LogP contribution in [0.15, 0.2) is 71.6 Å². The van der Waals surface area contributed by atoms with E-state index in [4.69, 9.17) is 9.47 Å². The fourth-order valence-electron chi connectivity index (χ4n) is 4.31. The maximum absolute atomic E-state index is 14.3. The molecule has 0 aromatic heterocycles. The lowest BCUT2D eigenvalue weighted by molar-refractivity contribution is 0.00762. The number of ether oxygens (including phenoxy) is 2. The van der Waals surface area contributed by atoms with Crippen LogP contribution >= 0.6 is 0 Å². The van der Waals surface area contributed by atoms with Crippen LogP contribution in [0.5, 0.6) is 5.75 Å². The van der Waals surface area contributed by atoms with Gasteiger partial charge in [0.2, 0.25) is 10.0 Å². The first-order valence-electron chi connectivity index (χ1n) is 12.1. The van der Waals surface area contributed by atoms with Crippen LogP contribution in [0, 0.1) is 19.7 Å². The Hall–Kier alpha value is -2.78. The molecule has 0 radical (unpaired) electrons. The summed E-state index contributed by atoms with van der Waals surface area (Å²) >= 11 is 0. The second-order valence-electron chi connectivity index (χ2n) is 9.20. The van der Waals surface area contributed by atoms with Crippen molar-refractivity contribution in [1.82, 2.24) is 9.21 Å². The van der Waals surface area contributed by atoms with Gasteiger partial charge in [-0.3, -0.25) is 4.90 Å². The summed E-state index contributed by atoms with van der Waals surface area (Å²) in [5.74, 6) is 0.0400. The molecule has 6 nitrogen and oxygen atoms in total. The Morgan fingerprint density at radius 3 is 2.31 bits per heavy atom. The molecule has 1 heterocycles. The zero-order valence-corrected chi connectivity index (χ0v) is 21.8. The van der Waals surface area contributed by atoms with E-state index in [9.17, 15) is 12.8 Å². The van der Waals surface area contributed by atoms with Gasteiger partial charge in [0.05, 0.1) is 19.8 Å². The summed E-state index contributed by atoms with van der Waals surface area (Å²) in [4.78, 5) is 1.93. The Kier molecular flexibility index (Phi) is 8.41. The largest absolute Gasteiger partial charge is 0.497 e. The normalized spacial score (nSPS) is 16.1. The molecule has 0 bridgehead atoms. The quantitative estimate of drug-likeness (QED) is 0.415. The number of sulfonamides is 1. The molecule has 1 saturated heterocycles. The lowest BCUT2D eigenvalue weighted by atomic mass is 10.1. The van der Waals surface area contributed by atoms with Gasteiger partial charge in [-0.05, 0) is 54.8 Å². The van der Waals surface area contributed by atoms with Gasteiger partial charge in [-0.25, -0.2) is 12.8 Å². The van der Waals surface area contributed by atoms with Crippen molar-refractivity contribution >= 4 is 10.0 Å². The van der Waals surface area contributed by atoms with Crippen molar-refractivity contribution in [2.75, 3.05) is 39.8 Å². The maximum Gasteiger partial charge on any atom is 0.246 e. The van der Waals surface area contributed by atoms with E-state index in [0.29, 0.717) is 44.9 Å². The van der Waals surface area contributed by atoms with Gasteiger partial charge in [-0.1, -0.05) is 48.0 Å². The Bertz CT molecular complexity index is 1270. The molecule has 36 heavy (non-hydrogen) atoms. The number of methoxy groups -OCH3 is 1. The van der Waals surface area contributed by atoms with Gasteiger partial charge >= 0.3 is 0 Å². The third kappa shape index (κ3) is 6.31. The Morgan fingerprint density at radius 2 is 1.61 bits per heavy atom. The van der Waals surface area contributed by atoms with Gasteiger partial charge < -0.3 is 9.47 Å². The number of halogens is 1. The fourth-order valence-corrected chi connectivity index (χ4v) is 5.88. The first-order valence-corrected chi connectivity index (χ1v) is 13.5. The molecular formula is C28H33FN2O4S. The number of piperazine rings is 1. The van der Waals surface area contributed by atoms with E-state index in [0.717, 1.165) is 16.9 Å². The Balaban J connectivity index is 1.45. The van der Waals surface area contributed by atoms with Crippen molar-refractivity contribution in [3.05, 3.63) is 94.8 Å². The highest BCUT2D eigenvalue weighted by Crippen LogP contribution is 2.26. The maximum atomic E-state index is 14.3. The number of nitrogens with zero attached hydrogens (tertiary/aromatic N) is 2. The van der Waals surface area contributed by atoms with Gasteiger partial charge in [0, 0.05) is 32.7 Å². The van der Waals surface area contributed by atoms with Crippen LogP contribution in [0.1, 0.15) is 28.4 Å². The molecule has 0 N–H and O–H groups in total. The van der Waals surface area contributed by atoms with E-state index in [2.05, 4.69) is 36.1 Å². The van der Waals surface area contributed by atoms with Gasteiger partial charge in [0.1, 0.15) is 16.5 Å². The number of hydrogen-bond donors (Lipinski definition) is 0.